The summed E-state index contributed by atoms with van der Waals surface area (Å²) >= 11 is 0. The lowest BCUT2D eigenvalue weighted by Gasteiger charge is -1.93. The first-order chi connectivity index (χ1) is 9.17. The minimum atomic E-state index is 0. The summed E-state index contributed by atoms with van der Waals surface area (Å²) in [6.45, 7) is 1.53. The van der Waals surface area contributed by atoms with Crippen molar-refractivity contribution < 1.29 is 7.65 Å². The van der Waals surface area contributed by atoms with Crippen LogP contribution in [0.5, 0.6) is 0 Å². The molecule has 0 aliphatic heterocycles. The van der Waals surface area contributed by atoms with Crippen molar-refractivity contribution in [3.63, 3.8) is 0 Å². The first-order valence-corrected chi connectivity index (χ1v) is 5.76. The first-order valence-electron chi connectivity index (χ1n) is 5.76. The van der Waals surface area contributed by atoms with Crippen LogP contribution < -0.4 is 0 Å². The van der Waals surface area contributed by atoms with Crippen molar-refractivity contribution in [3.8, 4) is 24.7 Å². The van der Waals surface area contributed by atoms with Gasteiger partial charge in [-0.05, 0) is 31.2 Å². The molecule has 0 aromatic heterocycles. The Kier molecular flexibility index (Phi) is 5.67. The van der Waals surface area contributed by atoms with Gasteiger partial charge in [-0.25, -0.2) is 0 Å². The van der Waals surface area contributed by atoms with Crippen LogP contribution in [0.25, 0.3) is 0 Å². The topological polar surface area (TPSA) is 17.1 Å². The zero-order valence-electron chi connectivity index (χ0n) is 12.8. The fourth-order valence-corrected chi connectivity index (χ4v) is 1.34. The van der Waals surface area contributed by atoms with Gasteiger partial charge < -0.3 is 0 Å². The highest BCUT2D eigenvalue weighted by molar-refractivity contribution is 5.94. The number of terminal acetylenes is 2. The molecule has 0 fully saturated rings. The van der Waals surface area contributed by atoms with Gasteiger partial charge in [0.05, 0.1) is 0 Å². The minimum absolute atomic E-state index is 0. The highest BCUT2D eigenvalue weighted by Gasteiger charge is 1.96. The molecule has 0 atom stereocenters. The third-order valence-corrected chi connectivity index (χ3v) is 2.40. The van der Waals surface area contributed by atoms with E-state index in [-0.39, 0.29) is 8.64 Å². The third-order valence-electron chi connectivity index (χ3n) is 2.40. The zero-order valence-corrected chi connectivity index (χ0v) is 10.8. The molecule has 2 radical (unpaired) electrons. The molecule has 0 unspecified atom stereocenters. The largest absolute Gasteiger partial charge is 0.295 e. The maximum absolute atomic E-state index is 10.8. The number of benzene rings is 2. The summed E-state index contributed by atoms with van der Waals surface area (Å²) in [4.78, 5) is 10.8. The summed E-state index contributed by atoms with van der Waals surface area (Å²) in [5.41, 5.74) is 2.44. The zero-order chi connectivity index (χ0) is 14.1. The molecular formula is C18H16O. The van der Waals surface area contributed by atoms with Gasteiger partial charge in [-0.15, -0.1) is 12.8 Å². The number of carbonyl (C=O) groups excluding carboxylic acids is 1. The monoisotopic (exact) mass is 248 g/mol. The Morgan fingerprint density at radius 3 is 1.74 bits per heavy atom. The maximum Gasteiger partial charge on any atom is 0.159 e. The summed E-state index contributed by atoms with van der Waals surface area (Å²) in [7, 11) is 0. The van der Waals surface area contributed by atoms with E-state index in [9.17, 15) is 4.79 Å². The highest BCUT2D eigenvalue weighted by Crippen LogP contribution is 2.03. The molecule has 94 valence electrons. The molecule has 0 aliphatic rings. The van der Waals surface area contributed by atoms with Gasteiger partial charge in [0, 0.05) is 19.5 Å². The lowest BCUT2D eigenvalue weighted by atomic mass is 10.1. The molecule has 19 heavy (non-hydrogen) atoms. The van der Waals surface area contributed by atoms with E-state index in [0.29, 0.717) is 5.56 Å². The van der Waals surface area contributed by atoms with E-state index in [4.69, 9.17) is 12.8 Å². The molecule has 0 spiro atoms. The van der Waals surface area contributed by atoms with Crippen LogP contribution in [0.1, 0.15) is 31.3 Å². The quantitative estimate of drug-likeness (QED) is 0.554. The van der Waals surface area contributed by atoms with Gasteiger partial charge in [-0.3, -0.25) is 4.79 Å². The van der Waals surface area contributed by atoms with Crippen molar-refractivity contribution in [1.82, 2.24) is 0 Å². The lowest BCUT2D eigenvalue weighted by molar-refractivity contribution is 0.101. The van der Waals surface area contributed by atoms with E-state index in [1.165, 1.54) is 6.92 Å². The second-order valence-electron chi connectivity index (χ2n) is 3.79. The molecular weight excluding hydrogens is 232 g/mol. The number of carbonyl (C=O) groups is 1. The van der Waals surface area contributed by atoms with Crippen molar-refractivity contribution in [2.45, 2.75) is 6.92 Å². The van der Waals surface area contributed by atoms with Gasteiger partial charge in [-0.1, -0.05) is 42.2 Å². The highest BCUT2D eigenvalue weighted by atomic mass is 16.1. The molecule has 0 amide bonds. The van der Waals surface area contributed by atoms with Crippen molar-refractivity contribution in [2.24, 2.45) is 0 Å². The average Bonchev–Trinajstić information content (AvgIpc) is 2.48. The molecule has 0 heterocycles. The Balaban J connectivity index is 0. The van der Waals surface area contributed by atoms with Crippen molar-refractivity contribution >= 4 is 5.78 Å². The maximum atomic E-state index is 10.8. The lowest BCUT2D eigenvalue weighted by Crippen LogP contribution is -1.90. The van der Waals surface area contributed by atoms with Gasteiger partial charge in [0.25, 0.3) is 0 Å². The molecule has 1 nitrogen and oxygen atoms in total. The van der Waals surface area contributed by atoms with Crippen LogP contribution in [-0.4, -0.2) is 5.78 Å². The van der Waals surface area contributed by atoms with Crippen LogP contribution in [0.15, 0.2) is 54.6 Å². The van der Waals surface area contributed by atoms with E-state index < -0.39 is 0 Å². The first kappa shape index (κ1) is 14.3. The smallest absolute Gasteiger partial charge is 0.159 e. The van der Waals surface area contributed by atoms with E-state index in [0.717, 1.165) is 11.1 Å². The van der Waals surface area contributed by atoms with Gasteiger partial charge >= 0.3 is 0 Å². The van der Waals surface area contributed by atoms with Gasteiger partial charge in [0.2, 0.25) is 0 Å². The Bertz CT molecular complexity index is 617. The number of rotatable bonds is 1. The Labute approximate surface area is 117 Å². The molecule has 0 bridgehead atoms. The average molecular weight is 248 g/mol. The van der Waals surface area contributed by atoms with Crippen LogP contribution in [0, 0.1) is 24.7 Å². The number of hydrogen-bond acceptors (Lipinski definition) is 1. The Morgan fingerprint density at radius 2 is 1.37 bits per heavy atom. The summed E-state index contributed by atoms with van der Waals surface area (Å²) < 4.78 is 0. The fraction of sp³-hybridized carbons (Fsp3) is 0.0556. The molecule has 0 aliphatic carbocycles. The molecule has 1 heteroatoms. The number of hydrogen-bond donors (Lipinski definition) is 0. The molecule has 2 rings (SSSR count). The predicted octanol–water partition coefficient (Wildman–Crippen LogP) is 3.76. The van der Waals surface area contributed by atoms with E-state index >= 15 is 0 Å². The van der Waals surface area contributed by atoms with Crippen molar-refractivity contribution in [2.75, 3.05) is 0 Å². The van der Waals surface area contributed by atoms with Crippen molar-refractivity contribution in [1.29, 1.82) is 0 Å². The van der Waals surface area contributed by atoms with Gasteiger partial charge in [-0.2, -0.15) is 0 Å². The van der Waals surface area contributed by atoms with Crippen LogP contribution in [0.2, 0.25) is 0 Å². The third kappa shape index (κ3) is 4.94. The van der Waals surface area contributed by atoms with E-state index in [1.807, 2.05) is 30.3 Å². The predicted molar refractivity (Wildman–Crippen MR) is 81.0 cm³/mol. The summed E-state index contributed by atoms with van der Waals surface area (Å²) in [6.07, 6.45) is 10.2. The Hall–Kier alpha value is -2.77. The summed E-state index contributed by atoms with van der Waals surface area (Å²) in [5.74, 6) is 5.07. The van der Waals surface area contributed by atoms with Gasteiger partial charge in [0.1, 0.15) is 0 Å². The minimum Gasteiger partial charge on any atom is -0.295 e. The van der Waals surface area contributed by atoms with Crippen LogP contribution in [0.4, 0.5) is 0 Å². The molecule has 2 aromatic rings. The Morgan fingerprint density at radius 1 is 0.895 bits per heavy atom. The van der Waals surface area contributed by atoms with E-state index in [1.54, 1.807) is 24.3 Å². The normalized spacial score (nSPS) is 8.37. The molecule has 2 aromatic carbocycles. The standard InChI is InChI=1S/C10H8O.C8H6.2H/c1-3-9-4-6-10(7-5-9)8(2)11;1-2-8-6-4-3-5-7-8;;/h1,4-7H,2H3;1,3-7H;;. The fourth-order valence-electron chi connectivity index (χ4n) is 1.34. The van der Waals surface area contributed by atoms with Crippen LogP contribution in [0.3, 0.4) is 0 Å². The van der Waals surface area contributed by atoms with Crippen molar-refractivity contribution in [3.05, 3.63) is 71.3 Å². The summed E-state index contributed by atoms with van der Waals surface area (Å²) in [6, 6.07) is 16.6. The molecule has 0 N–H and O–H groups in total. The second kappa shape index (κ2) is 7.54. The SMILES string of the molecule is C#Cc1ccc(C(C)=O)cc1.C#Cc1ccccc1.[H].[H]. The second-order valence-corrected chi connectivity index (χ2v) is 3.79. The number of Topliss-reactive ketones (excluding diaryl/α,β-unsaturated/α-hetero) is 1. The summed E-state index contributed by atoms with van der Waals surface area (Å²) in [5, 5.41) is 0. The molecule has 0 saturated heterocycles. The number of ketones is 1. The van der Waals surface area contributed by atoms with Crippen LogP contribution in [-0.2, 0) is 0 Å². The molecule has 0 saturated carbocycles. The van der Waals surface area contributed by atoms with E-state index in [2.05, 4.69) is 11.8 Å². The van der Waals surface area contributed by atoms with Gasteiger partial charge in [0.15, 0.2) is 5.78 Å². The van der Waals surface area contributed by atoms with Crippen LogP contribution >= 0.6 is 0 Å².